The van der Waals surface area contributed by atoms with Crippen LogP contribution in [0.5, 0.6) is 0 Å². The third-order valence-corrected chi connectivity index (χ3v) is 12.5. The quantitative estimate of drug-likeness (QED) is 0.141. The number of hydrogen-bond acceptors (Lipinski definition) is 6. The van der Waals surface area contributed by atoms with Gasteiger partial charge >= 0.3 is 20.1 Å². The van der Waals surface area contributed by atoms with Crippen LogP contribution >= 0.6 is 0 Å². The van der Waals surface area contributed by atoms with Crippen molar-refractivity contribution in [1.29, 1.82) is 5.26 Å². The molecule has 5 heterocycles. The fraction of sp³-hybridized carbons (Fsp3) is 0.0923. The van der Waals surface area contributed by atoms with Crippen molar-refractivity contribution < 1.29 is 28.9 Å². The molecule has 0 atom stereocenters. The van der Waals surface area contributed by atoms with Crippen LogP contribution in [0.3, 0.4) is 0 Å². The van der Waals surface area contributed by atoms with Crippen LogP contribution in [0.1, 0.15) is 56.2 Å². The summed E-state index contributed by atoms with van der Waals surface area (Å²) < 4.78 is 21.5. The number of imidazole rings is 1. The minimum atomic E-state index is -0.278. The van der Waals surface area contributed by atoms with Crippen LogP contribution in [0, 0.1) is 35.3 Å². The van der Waals surface area contributed by atoms with E-state index in [4.69, 9.17) is 14.4 Å². The van der Waals surface area contributed by atoms with Gasteiger partial charge in [0.05, 0.1) is 39.8 Å². The Morgan fingerprint density at radius 3 is 1.89 bits per heavy atom. The summed E-state index contributed by atoms with van der Waals surface area (Å²) in [6.45, 7) is 9.05. The zero-order valence-corrected chi connectivity index (χ0v) is 43.5. The summed E-state index contributed by atoms with van der Waals surface area (Å²) in [7, 11) is 0. The Labute approximate surface area is 444 Å². The van der Waals surface area contributed by atoms with Gasteiger partial charge < -0.3 is 19.0 Å². The van der Waals surface area contributed by atoms with E-state index < -0.39 is 0 Å². The number of hydrogen-bond donors (Lipinski definition) is 0. The van der Waals surface area contributed by atoms with Crippen LogP contribution < -0.4 is 0 Å². The summed E-state index contributed by atoms with van der Waals surface area (Å²) in [5.74, 6) is 1.00. The number of nitrogens with zero attached hydrogens (tertiary/aromatic N) is 6. The third-order valence-electron chi connectivity index (χ3n) is 12.5. The number of halogens is 1. The Bertz CT molecular complexity index is 3800. The van der Waals surface area contributed by atoms with Gasteiger partial charge in [-0.2, -0.15) is 5.26 Å². The number of furan rings is 1. The number of para-hydroxylation sites is 2. The average molecular weight is 1140 g/mol. The third kappa shape index (κ3) is 10.7. The van der Waals surface area contributed by atoms with Gasteiger partial charge in [0.15, 0.2) is 0 Å². The molecule has 0 saturated heterocycles. The van der Waals surface area contributed by atoms with Crippen LogP contribution in [0.25, 0.3) is 95.1 Å². The first-order chi connectivity index (χ1) is 35.7. The van der Waals surface area contributed by atoms with Crippen LogP contribution in [0.4, 0.5) is 4.39 Å². The molecule has 0 aliphatic heterocycles. The summed E-state index contributed by atoms with van der Waals surface area (Å²) in [6, 6.07) is 74.5. The van der Waals surface area contributed by atoms with Gasteiger partial charge in [0, 0.05) is 34.8 Å². The smallest absolute Gasteiger partial charge is 0.486 e. The normalized spacial score (nSPS) is 10.9. The Morgan fingerprint density at radius 2 is 1.24 bits per heavy atom. The van der Waals surface area contributed by atoms with Crippen molar-refractivity contribution in [2.24, 2.45) is 0 Å². The predicted octanol–water partition coefficient (Wildman–Crippen LogP) is 16.5. The predicted molar refractivity (Wildman–Crippen MR) is 291 cm³/mol. The average Bonchev–Trinajstić information content (AvgIpc) is 4.03. The number of nitriles is 1. The molecule has 12 aromatic rings. The molecule has 5 aromatic heterocycles. The van der Waals surface area contributed by atoms with Gasteiger partial charge in [-0.1, -0.05) is 118 Å². The van der Waals surface area contributed by atoms with Gasteiger partial charge in [-0.15, -0.1) is 83.9 Å². The second-order valence-electron chi connectivity index (χ2n) is 18.0. The molecule has 0 amide bonds. The maximum Gasteiger partial charge on any atom is 3.00 e. The van der Waals surface area contributed by atoms with Crippen molar-refractivity contribution in [2.45, 2.75) is 39.5 Å². The van der Waals surface area contributed by atoms with E-state index in [1.54, 1.807) is 24.5 Å². The molecule has 0 bridgehead atoms. The number of benzene rings is 7. The van der Waals surface area contributed by atoms with E-state index in [-0.39, 0.29) is 37.8 Å². The van der Waals surface area contributed by atoms with Gasteiger partial charge in [-0.3, -0.25) is 9.37 Å². The molecule has 0 radical (unpaired) electrons. The Hall–Kier alpha value is -8.67. The molecule has 0 saturated carbocycles. The molecular formula is C65H48FIrN6O. The Kier molecular flexibility index (Phi) is 15.5. The second-order valence-corrected chi connectivity index (χ2v) is 18.0. The Balaban J connectivity index is 0.000000209. The van der Waals surface area contributed by atoms with E-state index in [9.17, 15) is 9.65 Å². The molecule has 360 valence electrons. The van der Waals surface area contributed by atoms with Crippen molar-refractivity contribution in [3.05, 3.63) is 247 Å². The Morgan fingerprint density at radius 1 is 0.568 bits per heavy atom. The van der Waals surface area contributed by atoms with Crippen molar-refractivity contribution in [3.8, 4) is 68.0 Å². The summed E-state index contributed by atoms with van der Waals surface area (Å²) in [4.78, 5) is 18.5. The van der Waals surface area contributed by atoms with Crippen LogP contribution in [0.15, 0.2) is 211 Å². The van der Waals surface area contributed by atoms with Crippen LogP contribution in [-0.4, -0.2) is 24.5 Å². The van der Waals surface area contributed by atoms with Crippen LogP contribution in [0.2, 0.25) is 0 Å². The van der Waals surface area contributed by atoms with Crippen LogP contribution in [-0.2, 0) is 20.1 Å². The summed E-state index contributed by atoms with van der Waals surface area (Å²) in [6.07, 6.45) is 3.49. The van der Waals surface area contributed by atoms with Crippen molar-refractivity contribution in [1.82, 2.24) is 24.5 Å². The summed E-state index contributed by atoms with van der Waals surface area (Å²) in [5.41, 5.74) is 15.9. The number of fused-ring (bicyclic) bond motifs is 4. The maximum atomic E-state index is 12.6. The fourth-order valence-electron chi connectivity index (χ4n) is 8.90. The van der Waals surface area contributed by atoms with E-state index in [1.165, 1.54) is 34.4 Å². The van der Waals surface area contributed by atoms with Gasteiger partial charge in [0.2, 0.25) is 5.71 Å². The SMILES string of the molecule is CC(C)c1cc(-c2ccccc2)cc(C(C)C)c1-n1c(-c2[c-]ccc3c2oc2nc(-c4cccc(C#N)c4)ccc23)nc2ccccc21.Fc1c[c-]c(-c2ccccn2)cc1.[Ir+3].[c-]1ccccc1-c1ccccn1. The molecule has 12 rings (SSSR count). The largest absolute Gasteiger partial charge is 3.00 e. The molecule has 7 nitrogen and oxygen atoms in total. The first-order valence-corrected chi connectivity index (χ1v) is 24.2. The minimum absolute atomic E-state index is 0. The van der Waals surface area contributed by atoms with Gasteiger partial charge in [0.25, 0.3) is 0 Å². The summed E-state index contributed by atoms with van der Waals surface area (Å²) in [5, 5.41) is 11.3. The first-order valence-electron chi connectivity index (χ1n) is 24.2. The standard InChI is InChI=1S/C43H33N4O.C11H7FN.C11H8N.Ir/c1-26(2)35-23-31(29-13-6-5-7-14-29)24-36(27(3)4)40(35)47-39-19-9-8-18-38(39)45-42(47)34-17-11-16-32-33-20-21-37(46-43(33)48-41(32)34)30-15-10-12-28(22-30)25-44;12-10-6-4-9(5-7-10)11-3-1-2-8-13-11;1-2-6-10(7-3-1)11-8-4-5-9-12-11;/h5-16,18-24,26-27H,1-4H3;1-4,6-8H;1-6,8-9H;/q3*-1;+3. The van der Waals surface area contributed by atoms with E-state index in [0.29, 0.717) is 16.9 Å². The summed E-state index contributed by atoms with van der Waals surface area (Å²) >= 11 is 0. The molecule has 0 spiro atoms. The molecule has 9 heteroatoms. The monoisotopic (exact) mass is 1140 g/mol. The maximum absolute atomic E-state index is 12.6. The van der Waals surface area contributed by atoms with Gasteiger partial charge in [-0.05, 0) is 106 Å². The number of aromatic nitrogens is 5. The van der Waals surface area contributed by atoms with Crippen molar-refractivity contribution in [2.75, 3.05) is 0 Å². The van der Waals surface area contributed by atoms with Crippen molar-refractivity contribution in [3.63, 3.8) is 0 Å². The van der Waals surface area contributed by atoms with E-state index in [2.05, 4.69) is 127 Å². The molecule has 0 N–H and O–H groups in total. The molecule has 0 fully saturated rings. The van der Waals surface area contributed by atoms with E-state index in [1.807, 2.05) is 109 Å². The fourth-order valence-corrected chi connectivity index (χ4v) is 8.90. The van der Waals surface area contributed by atoms with Crippen molar-refractivity contribution >= 4 is 33.1 Å². The molecule has 7 aromatic carbocycles. The zero-order valence-electron chi connectivity index (χ0n) is 41.1. The molecular weight excluding hydrogens is 1090 g/mol. The van der Waals surface area contributed by atoms with E-state index >= 15 is 0 Å². The molecule has 0 unspecified atom stereocenters. The molecule has 0 aliphatic carbocycles. The minimum Gasteiger partial charge on any atom is -0.486 e. The zero-order chi connectivity index (χ0) is 50.3. The molecule has 0 aliphatic rings. The van der Waals surface area contributed by atoms with Gasteiger partial charge in [0.1, 0.15) is 0 Å². The second kappa shape index (κ2) is 22.8. The van der Waals surface area contributed by atoms with Gasteiger partial charge in [-0.25, -0.2) is 4.98 Å². The van der Waals surface area contributed by atoms with E-state index in [0.717, 1.165) is 72.7 Å². The first kappa shape index (κ1) is 50.3. The topological polar surface area (TPSA) is 93.4 Å². The number of pyridine rings is 3. The molecule has 74 heavy (non-hydrogen) atoms. The number of rotatable bonds is 8.